The van der Waals surface area contributed by atoms with Crippen molar-refractivity contribution in [1.29, 1.82) is 0 Å². The van der Waals surface area contributed by atoms with Crippen LogP contribution in [0.1, 0.15) is 31.4 Å². The number of likely N-dealkylation sites (tertiary alicyclic amines) is 1. The van der Waals surface area contributed by atoms with E-state index in [4.69, 9.17) is 0 Å². The minimum atomic E-state index is -0.801. The first-order valence-electron chi connectivity index (χ1n) is 9.56. The van der Waals surface area contributed by atoms with Crippen LogP contribution in [0.15, 0.2) is 54.6 Å². The van der Waals surface area contributed by atoms with Crippen molar-refractivity contribution in [2.24, 2.45) is 0 Å². The molecule has 0 aromatic heterocycles. The number of piperidine rings is 1. The number of urea groups is 1. The fourth-order valence-corrected chi connectivity index (χ4v) is 3.38. The molecule has 27 heavy (non-hydrogen) atoms. The zero-order valence-electron chi connectivity index (χ0n) is 16.1. The minimum absolute atomic E-state index is 0.109. The second-order valence-corrected chi connectivity index (χ2v) is 7.56. The van der Waals surface area contributed by atoms with Crippen LogP contribution in [0.2, 0.25) is 0 Å². The summed E-state index contributed by atoms with van der Waals surface area (Å²) in [6.45, 7) is 3.95. The third-order valence-electron chi connectivity index (χ3n) is 5.36. The van der Waals surface area contributed by atoms with Gasteiger partial charge in [-0.1, -0.05) is 54.6 Å². The number of carbonyl (C=O) groups is 1. The summed E-state index contributed by atoms with van der Waals surface area (Å²) < 4.78 is 0. The smallest absolute Gasteiger partial charge is 0.315 e. The van der Waals surface area contributed by atoms with Gasteiger partial charge in [-0.2, -0.15) is 0 Å². The molecule has 1 aliphatic heterocycles. The van der Waals surface area contributed by atoms with Gasteiger partial charge in [0, 0.05) is 19.6 Å². The van der Waals surface area contributed by atoms with Crippen molar-refractivity contribution in [2.45, 2.75) is 31.4 Å². The number of hydrogen-bond donors (Lipinski definition) is 3. The Hall–Kier alpha value is -2.37. The second kappa shape index (κ2) is 8.55. The molecule has 0 saturated carbocycles. The normalized spacial score (nSPS) is 17.9. The van der Waals surface area contributed by atoms with Crippen molar-refractivity contribution >= 4 is 6.03 Å². The number of nitrogens with one attached hydrogen (secondary N) is 2. The zero-order valence-corrected chi connectivity index (χ0v) is 16.1. The van der Waals surface area contributed by atoms with Gasteiger partial charge in [0.25, 0.3) is 0 Å². The lowest BCUT2D eigenvalue weighted by atomic mass is 9.92. The van der Waals surface area contributed by atoms with Crippen molar-refractivity contribution in [3.05, 3.63) is 60.2 Å². The molecule has 0 unspecified atom stereocenters. The van der Waals surface area contributed by atoms with Crippen LogP contribution >= 0.6 is 0 Å². The first kappa shape index (κ1) is 19.4. The average molecular weight is 367 g/mol. The van der Waals surface area contributed by atoms with Gasteiger partial charge in [0.05, 0.1) is 11.6 Å². The minimum Gasteiger partial charge on any atom is -0.388 e. The first-order chi connectivity index (χ1) is 13.0. The number of nitrogens with zero attached hydrogens (tertiary/aromatic N) is 1. The number of amides is 2. The first-order valence-corrected chi connectivity index (χ1v) is 9.56. The molecule has 2 amide bonds. The quantitative estimate of drug-likeness (QED) is 0.761. The number of rotatable bonds is 5. The summed E-state index contributed by atoms with van der Waals surface area (Å²) in [6, 6.07) is 18.1. The molecule has 1 aliphatic rings. The average Bonchev–Trinajstić information content (AvgIpc) is 2.70. The van der Waals surface area contributed by atoms with Gasteiger partial charge in [0.2, 0.25) is 0 Å². The van der Waals surface area contributed by atoms with Crippen LogP contribution in [0.25, 0.3) is 11.1 Å². The molecule has 5 nitrogen and oxygen atoms in total. The largest absolute Gasteiger partial charge is 0.388 e. The molecule has 2 aromatic carbocycles. The number of benzene rings is 2. The Morgan fingerprint density at radius 3 is 2.30 bits per heavy atom. The molecule has 1 fully saturated rings. The van der Waals surface area contributed by atoms with E-state index in [0.29, 0.717) is 12.8 Å². The summed E-state index contributed by atoms with van der Waals surface area (Å²) in [5.41, 5.74) is 2.57. The molecule has 3 rings (SSSR count). The molecule has 2 aromatic rings. The van der Waals surface area contributed by atoms with E-state index in [1.165, 1.54) is 5.56 Å². The lowest BCUT2D eigenvalue weighted by Crippen LogP contribution is -2.51. The van der Waals surface area contributed by atoms with Crippen LogP contribution in [-0.4, -0.2) is 48.3 Å². The highest BCUT2D eigenvalue weighted by molar-refractivity contribution is 5.74. The molecule has 0 radical (unpaired) electrons. The van der Waals surface area contributed by atoms with E-state index in [-0.39, 0.29) is 18.6 Å². The van der Waals surface area contributed by atoms with Gasteiger partial charge < -0.3 is 20.6 Å². The van der Waals surface area contributed by atoms with Crippen LogP contribution in [0.4, 0.5) is 4.79 Å². The summed E-state index contributed by atoms with van der Waals surface area (Å²) >= 11 is 0. The fourth-order valence-electron chi connectivity index (χ4n) is 3.38. The third-order valence-corrected chi connectivity index (χ3v) is 5.36. The number of aliphatic hydroxyl groups is 1. The molecule has 0 spiro atoms. The van der Waals surface area contributed by atoms with Crippen molar-refractivity contribution in [3.8, 4) is 11.1 Å². The summed E-state index contributed by atoms with van der Waals surface area (Å²) in [7, 11) is 2.05. The van der Waals surface area contributed by atoms with Gasteiger partial charge in [-0.05, 0) is 43.5 Å². The zero-order chi connectivity index (χ0) is 19.3. The number of hydrogen-bond acceptors (Lipinski definition) is 3. The lowest BCUT2D eigenvalue weighted by molar-refractivity contribution is -0.0123. The van der Waals surface area contributed by atoms with Crippen molar-refractivity contribution < 1.29 is 9.90 Å². The van der Waals surface area contributed by atoms with Gasteiger partial charge in [0.15, 0.2) is 0 Å². The Bertz CT molecular complexity index is 738. The topological polar surface area (TPSA) is 64.6 Å². The molecule has 0 bridgehead atoms. The fraction of sp³-hybridized carbons (Fsp3) is 0.409. The maximum atomic E-state index is 12.2. The SMILES string of the molecule is C[C@@H](NC(=O)NCC1(O)CCN(C)CC1)c1ccc(-c2ccccc2)cc1. The molecule has 144 valence electrons. The standard InChI is InChI=1S/C22H29N3O2/c1-17(18-8-10-20(11-9-18)19-6-4-3-5-7-19)24-21(26)23-16-22(27)12-14-25(2)15-13-22/h3-11,17,27H,12-16H2,1-2H3,(H2,23,24,26)/t17-/m1/s1. The monoisotopic (exact) mass is 367 g/mol. The molecular formula is C22H29N3O2. The molecule has 1 atom stereocenters. The van der Waals surface area contributed by atoms with Crippen LogP contribution in [-0.2, 0) is 0 Å². The van der Waals surface area contributed by atoms with Crippen molar-refractivity contribution in [2.75, 3.05) is 26.7 Å². The molecule has 1 heterocycles. The Morgan fingerprint density at radius 2 is 1.67 bits per heavy atom. The van der Waals surface area contributed by atoms with E-state index in [9.17, 15) is 9.90 Å². The summed E-state index contributed by atoms with van der Waals surface area (Å²) in [5, 5.41) is 16.3. The maximum Gasteiger partial charge on any atom is 0.315 e. The van der Waals surface area contributed by atoms with E-state index in [2.05, 4.69) is 39.8 Å². The van der Waals surface area contributed by atoms with E-state index in [1.54, 1.807) is 0 Å². The van der Waals surface area contributed by atoms with E-state index >= 15 is 0 Å². The highest BCUT2D eigenvalue weighted by atomic mass is 16.3. The van der Waals surface area contributed by atoms with E-state index < -0.39 is 5.60 Å². The molecule has 5 heteroatoms. The van der Waals surface area contributed by atoms with Crippen molar-refractivity contribution in [1.82, 2.24) is 15.5 Å². The molecule has 0 aliphatic carbocycles. The predicted molar refractivity (Wildman–Crippen MR) is 109 cm³/mol. The van der Waals surface area contributed by atoms with Gasteiger partial charge in [0.1, 0.15) is 0 Å². The van der Waals surface area contributed by atoms with E-state index in [1.807, 2.05) is 44.3 Å². The summed E-state index contributed by atoms with van der Waals surface area (Å²) in [4.78, 5) is 14.4. The highest BCUT2D eigenvalue weighted by Crippen LogP contribution is 2.22. The van der Waals surface area contributed by atoms with Gasteiger partial charge in [-0.3, -0.25) is 0 Å². The third kappa shape index (κ3) is 5.31. The summed E-state index contributed by atoms with van der Waals surface area (Å²) in [5.74, 6) is 0. The highest BCUT2D eigenvalue weighted by Gasteiger charge is 2.31. The lowest BCUT2D eigenvalue weighted by Gasteiger charge is -2.36. The van der Waals surface area contributed by atoms with Crippen LogP contribution in [0.5, 0.6) is 0 Å². The van der Waals surface area contributed by atoms with Crippen molar-refractivity contribution in [3.63, 3.8) is 0 Å². The molecule has 1 saturated heterocycles. The van der Waals surface area contributed by atoms with Gasteiger partial charge in [-0.25, -0.2) is 4.79 Å². The maximum absolute atomic E-state index is 12.2. The Labute approximate surface area is 161 Å². The predicted octanol–water partition coefficient (Wildman–Crippen LogP) is 3.17. The van der Waals surface area contributed by atoms with Crippen LogP contribution < -0.4 is 10.6 Å². The van der Waals surface area contributed by atoms with Gasteiger partial charge >= 0.3 is 6.03 Å². The van der Waals surface area contributed by atoms with Crippen LogP contribution in [0, 0.1) is 0 Å². The molecule has 3 N–H and O–H groups in total. The Kier molecular flexibility index (Phi) is 6.14. The molecular weight excluding hydrogens is 338 g/mol. The summed E-state index contributed by atoms with van der Waals surface area (Å²) in [6.07, 6.45) is 1.36. The number of carbonyl (C=O) groups excluding carboxylic acids is 1. The van der Waals surface area contributed by atoms with Crippen LogP contribution in [0.3, 0.4) is 0 Å². The van der Waals surface area contributed by atoms with E-state index in [0.717, 1.165) is 24.2 Å². The Balaban J connectivity index is 1.51. The Morgan fingerprint density at radius 1 is 1.07 bits per heavy atom. The van der Waals surface area contributed by atoms with Gasteiger partial charge in [-0.15, -0.1) is 0 Å². The second-order valence-electron chi connectivity index (χ2n) is 7.56.